The van der Waals surface area contributed by atoms with E-state index in [4.69, 9.17) is 9.52 Å². The normalized spacial score (nSPS) is 16.2. The monoisotopic (exact) mass is 398 g/mol. The van der Waals surface area contributed by atoms with Gasteiger partial charge in [0.1, 0.15) is 11.7 Å². The lowest BCUT2D eigenvalue weighted by molar-refractivity contribution is 0.502. The molecule has 148 valence electrons. The fourth-order valence-corrected chi connectivity index (χ4v) is 4.01. The van der Waals surface area contributed by atoms with Crippen LogP contribution in [0.5, 0.6) is 0 Å². The average Bonchev–Trinajstić information content (AvgIpc) is 3.52. The summed E-state index contributed by atoms with van der Waals surface area (Å²) in [5, 5.41) is 13.4. The first-order chi connectivity index (χ1) is 14.8. The quantitative estimate of drug-likeness (QED) is 0.498. The van der Waals surface area contributed by atoms with Gasteiger partial charge in [0, 0.05) is 30.6 Å². The molecule has 6 rings (SSSR count). The van der Waals surface area contributed by atoms with Crippen LogP contribution in [0, 0.1) is 6.92 Å². The fraction of sp³-hybridized carbons (Fsp3) is 0.190. The summed E-state index contributed by atoms with van der Waals surface area (Å²) in [6, 6.07) is 14.0. The maximum atomic E-state index is 6.02. The first kappa shape index (κ1) is 16.9. The molecule has 1 aliphatic rings. The molecule has 5 aromatic heterocycles. The molecule has 0 radical (unpaired) electrons. The molecule has 0 spiro atoms. The Morgan fingerprint density at radius 2 is 2.07 bits per heavy atom. The molecule has 5 aromatic rings. The molecule has 0 unspecified atom stereocenters. The Labute approximate surface area is 171 Å². The number of pyridine rings is 2. The molecule has 0 bridgehead atoms. The fourth-order valence-electron chi connectivity index (χ4n) is 4.01. The number of anilines is 1. The third kappa shape index (κ3) is 2.59. The summed E-state index contributed by atoms with van der Waals surface area (Å²) in [7, 11) is 0. The summed E-state index contributed by atoms with van der Waals surface area (Å²) < 4.78 is 7.96. The Bertz CT molecular complexity index is 1340. The van der Waals surface area contributed by atoms with Crippen LogP contribution in [-0.2, 0) is 6.42 Å². The van der Waals surface area contributed by atoms with Gasteiger partial charge in [0.15, 0.2) is 0 Å². The summed E-state index contributed by atoms with van der Waals surface area (Å²) in [5.74, 6) is 0.392. The molecule has 1 aliphatic heterocycles. The predicted octanol–water partition coefficient (Wildman–Crippen LogP) is 2.96. The highest BCUT2D eigenvalue weighted by Gasteiger charge is 2.36. The minimum atomic E-state index is -0.226. The summed E-state index contributed by atoms with van der Waals surface area (Å²) in [6.07, 6.45) is 4.24. The zero-order valence-electron chi connectivity index (χ0n) is 16.2. The number of H-pyrrole nitrogens is 1. The van der Waals surface area contributed by atoms with Gasteiger partial charge in [-0.2, -0.15) is 5.10 Å². The number of hydrogen-bond donors (Lipinski definition) is 1. The van der Waals surface area contributed by atoms with E-state index in [1.165, 1.54) is 0 Å². The van der Waals surface area contributed by atoms with Crippen molar-refractivity contribution in [1.82, 2.24) is 34.8 Å². The van der Waals surface area contributed by atoms with Gasteiger partial charge in [-0.15, -0.1) is 5.10 Å². The molecule has 9 heteroatoms. The molecule has 1 N–H and O–H groups in total. The first-order valence-corrected chi connectivity index (χ1v) is 9.77. The summed E-state index contributed by atoms with van der Waals surface area (Å²) >= 11 is 0. The van der Waals surface area contributed by atoms with E-state index in [2.05, 4.69) is 36.1 Å². The standard InChI is InChI=1S/C21H18N8O/c1-13-5-4-6-14-11-17(27-29(13)14)19-18-15(23-12-24-18)8-10-28(19)21-26-25-20(30-21)16-7-2-3-9-22-16/h2-7,9,11-12,19H,8,10H2,1H3,(H,23,24)/t19-/m0/s1. The third-order valence-corrected chi connectivity index (χ3v) is 5.44. The van der Waals surface area contributed by atoms with Gasteiger partial charge in [0.2, 0.25) is 0 Å². The van der Waals surface area contributed by atoms with Crippen LogP contribution in [0.15, 0.2) is 59.4 Å². The smallest absolute Gasteiger partial charge is 0.319 e. The Hall–Kier alpha value is -4.01. The van der Waals surface area contributed by atoms with Crippen molar-refractivity contribution in [1.29, 1.82) is 0 Å². The third-order valence-electron chi connectivity index (χ3n) is 5.44. The van der Waals surface area contributed by atoms with Crippen LogP contribution >= 0.6 is 0 Å². The lowest BCUT2D eigenvalue weighted by Crippen LogP contribution is -2.37. The van der Waals surface area contributed by atoms with E-state index in [1.807, 2.05) is 47.8 Å². The van der Waals surface area contributed by atoms with E-state index in [0.29, 0.717) is 24.1 Å². The minimum Gasteiger partial charge on any atom is -0.402 e. The molecule has 6 heterocycles. The van der Waals surface area contributed by atoms with Crippen molar-refractivity contribution >= 4 is 11.5 Å². The predicted molar refractivity (Wildman–Crippen MR) is 109 cm³/mol. The topological polar surface area (TPSA) is 101 Å². The van der Waals surface area contributed by atoms with Crippen molar-refractivity contribution in [3.05, 3.63) is 77.8 Å². The number of aromatic amines is 1. The second kappa shape index (κ2) is 6.51. The van der Waals surface area contributed by atoms with Crippen LogP contribution in [0.3, 0.4) is 0 Å². The maximum Gasteiger partial charge on any atom is 0.319 e. The molecule has 0 amide bonds. The van der Waals surface area contributed by atoms with E-state index in [9.17, 15) is 0 Å². The maximum absolute atomic E-state index is 6.02. The van der Waals surface area contributed by atoms with E-state index in [1.54, 1.807) is 12.5 Å². The number of aromatic nitrogens is 7. The van der Waals surface area contributed by atoms with Crippen molar-refractivity contribution in [3.63, 3.8) is 0 Å². The first-order valence-electron chi connectivity index (χ1n) is 9.77. The van der Waals surface area contributed by atoms with Gasteiger partial charge in [-0.1, -0.05) is 17.2 Å². The van der Waals surface area contributed by atoms with Crippen molar-refractivity contribution in [2.45, 2.75) is 19.4 Å². The van der Waals surface area contributed by atoms with Crippen molar-refractivity contribution in [3.8, 4) is 11.6 Å². The Morgan fingerprint density at radius 1 is 1.10 bits per heavy atom. The van der Waals surface area contributed by atoms with E-state index in [0.717, 1.165) is 34.7 Å². The number of rotatable bonds is 3. The van der Waals surface area contributed by atoms with Gasteiger partial charge >= 0.3 is 6.01 Å². The molecular weight excluding hydrogens is 380 g/mol. The van der Waals surface area contributed by atoms with Crippen LogP contribution in [0.1, 0.15) is 28.8 Å². The molecule has 1 atom stereocenters. The van der Waals surface area contributed by atoms with Gasteiger partial charge in [-0.05, 0) is 37.3 Å². The van der Waals surface area contributed by atoms with Crippen LogP contribution in [-0.4, -0.2) is 41.3 Å². The molecule has 30 heavy (non-hydrogen) atoms. The Morgan fingerprint density at radius 3 is 2.93 bits per heavy atom. The van der Waals surface area contributed by atoms with Crippen molar-refractivity contribution in [2.75, 3.05) is 11.4 Å². The molecule has 0 aromatic carbocycles. The molecule has 0 aliphatic carbocycles. The van der Waals surface area contributed by atoms with Gasteiger partial charge in [-0.3, -0.25) is 4.98 Å². The zero-order chi connectivity index (χ0) is 20.1. The molecule has 9 nitrogen and oxygen atoms in total. The van der Waals surface area contributed by atoms with Gasteiger partial charge in [0.05, 0.1) is 23.2 Å². The van der Waals surface area contributed by atoms with Crippen molar-refractivity contribution in [2.24, 2.45) is 0 Å². The average molecular weight is 398 g/mol. The number of hydrogen-bond acceptors (Lipinski definition) is 7. The van der Waals surface area contributed by atoms with Crippen LogP contribution < -0.4 is 4.90 Å². The second-order valence-corrected chi connectivity index (χ2v) is 7.29. The lowest BCUT2D eigenvalue weighted by Gasteiger charge is -2.32. The molecule has 0 saturated heterocycles. The number of aryl methyl sites for hydroxylation is 1. The highest BCUT2D eigenvalue weighted by atomic mass is 16.4. The summed E-state index contributed by atoms with van der Waals surface area (Å²) in [5.41, 5.74) is 5.67. The van der Waals surface area contributed by atoms with E-state index < -0.39 is 0 Å². The number of nitrogens with one attached hydrogen (secondary N) is 1. The van der Waals surface area contributed by atoms with Gasteiger partial charge < -0.3 is 14.3 Å². The molecule has 0 saturated carbocycles. The van der Waals surface area contributed by atoms with Gasteiger partial charge in [0.25, 0.3) is 5.89 Å². The minimum absolute atomic E-state index is 0.226. The largest absolute Gasteiger partial charge is 0.402 e. The number of fused-ring (bicyclic) bond motifs is 2. The van der Waals surface area contributed by atoms with Crippen LogP contribution in [0.25, 0.3) is 17.1 Å². The van der Waals surface area contributed by atoms with Crippen molar-refractivity contribution < 1.29 is 4.42 Å². The van der Waals surface area contributed by atoms with Gasteiger partial charge in [-0.25, -0.2) is 9.50 Å². The second-order valence-electron chi connectivity index (χ2n) is 7.29. The Kier molecular flexibility index (Phi) is 3.67. The number of nitrogens with zero attached hydrogens (tertiary/aromatic N) is 7. The molecule has 0 fully saturated rings. The summed E-state index contributed by atoms with van der Waals surface area (Å²) in [4.78, 5) is 14.2. The van der Waals surface area contributed by atoms with E-state index in [-0.39, 0.29) is 6.04 Å². The SMILES string of the molecule is Cc1cccc2cc([C@H]3c4nc[nH]c4CCN3c3nnc(-c4ccccn4)o3)nn12. The van der Waals surface area contributed by atoms with Crippen LogP contribution in [0.2, 0.25) is 0 Å². The van der Waals surface area contributed by atoms with Crippen LogP contribution in [0.4, 0.5) is 6.01 Å². The highest BCUT2D eigenvalue weighted by molar-refractivity contribution is 5.53. The summed E-state index contributed by atoms with van der Waals surface area (Å²) in [6.45, 7) is 2.75. The Balaban J connectivity index is 1.46. The number of imidazole rings is 1. The zero-order valence-corrected chi connectivity index (χ0v) is 16.2. The van der Waals surface area contributed by atoms with E-state index >= 15 is 0 Å². The highest BCUT2D eigenvalue weighted by Crippen LogP contribution is 2.36. The lowest BCUT2D eigenvalue weighted by atomic mass is 10.0. The molecular formula is C21H18N8O.